The quantitative estimate of drug-likeness (QED) is 0.614. The largest absolute Gasteiger partial charge is 0.493 e. The molecule has 1 aromatic rings. The molecule has 2 amide bonds. The van der Waals surface area contributed by atoms with E-state index in [4.69, 9.17) is 5.41 Å². The molecule has 8 nitrogen and oxygen atoms in total. The fraction of sp³-hybridized carbons (Fsp3) is 0.600. The van der Waals surface area contributed by atoms with E-state index < -0.39 is 5.54 Å². The molecule has 4 N–H and O–H groups in total. The van der Waals surface area contributed by atoms with Gasteiger partial charge in [0.1, 0.15) is 5.54 Å². The topological polar surface area (TPSA) is 118 Å². The van der Waals surface area contributed by atoms with Gasteiger partial charge in [0.25, 0.3) is 11.8 Å². The van der Waals surface area contributed by atoms with Gasteiger partial charge >= 0.3 is 0 Å². The molecule has 1 aliphatic heterocycles. The first-order chi connectivity index (χ1) is 13.4. The molecular weight excluding hydrogens is 358 g/mol. The fourth-order valence-corrected chi connectivity index (χ4v) is 4.76. The first kappa shape index (κ1) is 18.7. The van der Waals surface area contributed by atoms with Crippen molar-refractivity contribution in [3.63, 3.8) is 0 Å². The summed E-state index contributed by atoms with van der Waals surface area (Å²) in [6.07, 6.45) is 7.94. The molecule has 2 saturated carbocycles. The molecule has 0 radical (unpaired) electrons. The van der Waals surface area contributed by atoms with E-state index in [1.807, 2.05) is 0 Å². The minimum Gasteiger partial charge on any atom is -0.493 e. The van der Waals surface area contributed by atoms with Gasteiger partial charge in [-0.1, -0.05) is 12.8 Å². The first-order valence-corrected chi connectivity index (χ1v) is 10.00. The van der Waals surface area contributed by atoms with Crippen molar-refractivity contribution < 1.29 is 14.7 Å². The smallest absolute Gasteiger partial charge is 0.255 e. The zero-order valence-electron chi connectivity index (χ0n) is 16.1. The summed E-state index contributed by atoms with van der Waals surface area (Å²) in [4.78, 5) is 30.5. The van der Waals surface area contributed by atoms with Crippen molar-refractivity contribution in [2.24, 2.45) is 11.8 Å². The van der Waals surface area contributed by atoms with E-state index in [0.717, 1.165) is 44.9 Å². The molecule has 1 saturated heterocycles. The normalized spacial score (nSPS) is 30.2. The van der Waals surface area contributed by atoms with Gasteiger partial charge in [-0.05, 0) is 50.0 Å². The number of nitrogens with one attached hydrogen (secondary N) is 3. The molecule has 0 spiro atoms. The number of guanidine groups is 1. The van der Waals surface area contributed by atoms with E-state index >= 15 is 0 Å². The first-order valence-electron chi connectivity index (χ1n) is 10.00. The number of likely N-dealkylation sites (N-methyl/N-ethyl adjacent to an activating group) is 1. The standard InChI is InChI=1S/C20H27N5O3/c1-25-18(28)20(14-6-7-14,24-19(25)21)10-12-3-2-4-15(9-12)23-17(27)13-5-8-16(26)22-11-13/h5,8,11-12,14-15H,2-4,6-7,9-10H2,1H3,(H2,21,24)(H,22,26)(H,23,27)/t12?,15-,20-/m1/s1. The van der Waals surface area contributed by atoms with Crippen LogP contribution in [0.5, 0.6) is 5.88 Å². The van der Waals surface area contributed by atoms with Crippen LogP contribution in [0.15, 0.2) is 18.3 Å². The summed E-state index contributed by atoms with van der Waals surface area (Å²) in [7, 11) is 1.66. The Morgan fingerprint density at radius 3 is 2.79 bits per heavy atom. The lowest BCUT2D eigenvalue weighted by Gasteiger charge is -2.36. The molecule has 28 heavy (non-hydrogen) atoms. The molecule has 2 aliphatic carbocycles. The Morgan fingerprint density at radius 2 is 2.18 bits per heavy atom. The Kier molecular flexibility index (Phi) is 4.72. The SMILES string of the molecule is CN1C(=N)N[C@](CC2CCC[C@@H](NC(=O)c3ccc(O)nc3)C2)(C2CC2)C1=O. The molecule has 3 atom stereocenters. The molecule has 3 fully saturated rings. The van der Waals surface area contributed by atoms with Gasteiger partial charge in [0.15, 0.2) is 5.96 Å². The molecular formula is C20H27N5O3. The van der Waals surface area contributed by atoms with E-state index in [9.17, 15) is 14.7 Å². The highest BCUT2D eigenvalue weighted by Crippen LogP contribution is 2.47. The number of rotatable bonds is 5. The minimum atomic E-state index is -0.636. The van der Waals surface area contributed by atoms with Gasteiger partial charge in [-0.15, -0.1) is 0 Å². The van der Waals surface area contributed by atoms with Crippen LogP contribution in [-0.2, 0) is 4.79 Å². The average Bonchev–Trinajstić information content (AvgIpc) is 3.49. The van der Waals surface area contributed by atoms with Crippen molar-refractivity contribution in [1.29, 1.82) is 5.41 Å². The summed E-state index contributed by atoms with van der Waals surface area (Å²) in [5.41, 5.74) is -0.208. The summed E-state index contributed by atoms with van der Waals surface area (Å²) < 4.78 is 0. The lowest BCUT2D eigenvalue weighted by atomic mass is 9.75. The third kappa shape index (κ3) is 3.43. The summed E-state index contributed by atoms with van der Waals surface area (Å²) in [5, 5.41) is 23.6. The van der Waals surface area contributed by atoms with Crippen LogP contribution in [0.4, 0.5) is 0 Å². The van der Waals surface area contributed by atoms with E-state index in [2.05, 4.69) is 15.6 Å². The Bertz CT molecular complexity index is 792. The molecule has 3 aliphatic rings. The van der Waals surface area contributed by atoms with Crippen LogP contribution in [0.1, 0.15) is 55.3 Å². The van der Waals surface area contributed by atoms with Crippen molar-refractivity contribution in [2.45, 2.75) is 56.5 Å². The van der Waals surface area contributed by atoms with Crippen molar-refractivity contribution in [3.05, 3.63) is 23.9 Å². The van der Waals surface area contributed by atoms with Crippen LogP contribution >= 0.6 is 0 Å². The number of nitrogens with zero attached hydrogens (tertiary/aromatic N) is 2. The average molecular weight is 385 g/mol. The van der Waals surface area contributed by atoms with Crippen LogP contribution in [0.25, 0.3) is 0 Å². The summed E-state index contributed by atoms with van der Waals surface area (Å²) >= 11 is 0. The van der Waals surface area contributed by atoms with Crippen molar-refractivity contribution in [1.82, 2.24) is 20.5 Å². The second-order valence-corrected chi connectivity index (χ2v) is 8.40. The number of aromatic nitrogens is 1. The maximum absolute atomic E-state index is 12.9. The molecule has 150 valence electrons. The van der Waals surface area contributed by atoms with Crippen molar-refractivity contribution in [2.75, 3.05) is 7.05 Å². The second-order valence-electron chi connectivity index (χ2n) is 8.40. The van der Waals surface area contributed by atoms with Gasteiger partial charge in [-0.2, -0.15) is 0 Å². The van der Waals surface area contributed by atoms with E-state index in [1.165, 1.54) is 17.2 Å². The third-order valence-electron chi connectivity index (χ3n) is 6.38. The minimum absolute atomic E-state index is 0.0151. The number of aromatic hydroxyl groups is 1. The van der Waals surface area contributed by atoms with Gasteiger partial charge < -0.3 is 15.7 Å². The lowest BCUT2D eigenvalue weighted by Crippen LogP contribution is -2.51. The second kappa shape index (κ2) is 7.07. The molecule has 0 aromatic carbocycles. The number of pyridine rings is 1. The van der Waals surface area contributed by atoms with E-state index in [-0.39, 0.29) is 29.7 Å². The number of carbonyl (C=O) groups is 2. The number of carbonyl (C=O) groups excluding carboxylic acids is 2. The van der Waals surface area contributed by atoms with Gasteiger partial charge in [0, 0.05) is 25.4 Å². The number of hydrogen-bond acceptors (Lipinski definition) is 5. The van der Waals surface area contributed by atoms with Crippen molar-refractivity contribution in [3.8, 4) is 5.88 Å². The Hall–Kier alpha value is -2.64. The van der Waals surface area contributed by atoms with E-state index in [0.29, 0.717) is 17.4 Å². The predicted octanol–water partition coefficient (Wildman–Crippen LogP) is 1.61. The maximum atomic E-state index is 12.9. The number of hydrogen-bond donors (Lipinski definition) is 4. The van der Waals surface area contributed by atoms with Crippen LogP contribution in [0, 0.1) is 17.2 Å². The Labute approximate surface area is 164 Å². The summed E-state index contributed by atoms with van der Waals surface area (Å²) in [5.74, 6) is 0.547. The summed E-state index contributed by atoms with van der Waals surface area (Å²) in [6.45, 7) is 0. The number of amides is 2. The highest BCUT2D eigenvalue weighted by molar-refractivity contribution is 6.08. The summed E-state index contributed by atoms with van der Waals surface area (Å²) in [6, 6.07) is 3.02. The van der Waals surface area contributed by atoms with Crippen LogP contribution < -0.4 is 10.6 Å². The van der Waals surface area contributed by atoms with Crippen molar-refractivity contribution >= 4 is 17.8 Å². The Morgan fingerprint density at radius 1 is 1.39 bits per heavy atom. The maximum Gasteiger partial charge on any atom is 0.255 e. The van der Waals surface area contributed by atoms with Gasteiger partial charge in [-0.3, -0.25) is 19.9 Å². The zero-order valence-corrected chi connectivity index (χ0v) is 16.1. The third-order valence-corrected chi connectivity index (χ3v) is 6.38. The molecule has 2 heterocycles. The Balaban J connectivity index is 1.41. The molecule has 0 bridgehead atoms. The lowest BCUT2D eigenvalue weighted by molar-refractivity contribution is -0.131. The van der Waals surface area contributed by atoms with E-state index in [1.54, 1.807) is 13.1 Å². The molecule has 1 aromatic heterocycles. The molecule has 8 heteroatoms. The highest BCUT2D eigenvalue weighted by Gasteiger charge is 2.57. The van der Waals surface area contributed by atoms with Gasteiger partial charge in [0.2, 0.25) is 5.88 Å². The zero-order chi connectivity index (χ0) is 19.9. The van der Waals surface area contributed by atoms with Crippen LogP contribution in [-0.4, -0.2) is 51.4 Å². The fourth-order valence-electron chi connectivity index (χ4n) is 4.76. The monoisotopic (exact) mass is 385 g/mol. The molecule has 4 rings (SSSR count). The molecule has 1 unspecified atom stereocenters. The van der Waals surface area contributed by atoms with Crippen LogP contribution in [0.2, 0.25) is 0 Å². The van der Waals surface area contributed by atoms with Crippen LogP contribution in [0.3, 0.4) is 0 Å². The highest BCUT2D eigenvalue weighted by atomic mass is 16.3. The predicted molar refractivity (Wildman–Crippen MR) is 103 cm³/mol. The van der Waals surface area contributed by atoms with Gasteiger partial charge in [-0.25, -0.2) is 4.98 Å². The van der Waals surface area contributed by atoms with Gasteiger partial charge in [0.05, 0.1) is 5.56 Å².